The van der Waals surface area contributed by atoms with Gasteiger partial charge in [-0.25, -0.2) is 9.29 Å². The number of rotatable bonds is 4. The predicted octanol–water partition coefficient (Wildman–Crippen LogP) is 5.48. The SMILES string of the molecule is CCCN1C(=O)[C@H]2[C@H](CC=C3[C@H]2C[C@H]2C(=O)N(c4ccc(F)c(Cl)c4)C(=O)[C@@]2(C)[C@H]3c2cc(Cl)ccc2O)C1=O. The number of phenolic OH excluding ortho intramolecular Hbond substituents is 1. The summed E-state index contributed by atoms with van der Waals surface area (Å²) >= 11 is 12.4. The summed E-state index contributed by atoms with van der Waals surface area (Å²) in [4.78, 5) is 57.6. The second kappa shape index (κ2) is 9.42. The fourth-order valence-corrected chi connectivity index (χ4v) is 7.85. The second-order valence-electron chi connectivity index (χ2n) is 11.3. The van der Waals surface area contributed by atoms with Crippen molar-refractivity contribution in [3.8, 4) is 5.75 Å². The van der Waals surface area contributed by atoms with Crippen molar-refractivity contribution < 1.29 is 28.7 Å². The number of fused-ring (bicyclic) bond motifs is 4. The molecule has 2 aromatic rings. The van der Waals surface area contributed by atoms with Gasteiger partial charge < -0.3 is 5.11 Å². The van der Waals surface area contributed by atoms with Crippen LogP contribution in [0.25, 0.3) is 0 Å². The van der Waals surface area contributed by atoms with Gasteiger partial charge in [0.05, 0.1) is 33.9 Å². The third kappa shape index (κ3) is 3.61. The Balaban J connectivity index is 1.53. The van der Waals surface area contributed by atoms with Crippen LogP contribution in [0.1, 0.15) is 44.6 Å². The van der Waals surface area contributed by atoms with Gasteiger partial charge in [0.2, 0.25) is 23.6 Å². The topological polar surface area (TPSA) is 95.0 Å². The largest absolute Gasteiger partial charge is 0.508 e. The first kappa shape index (κ1) is 27.0. The summed E-state index contributed by atoms with van der Waals surface area (Å²) in [5, 5.41) is 11.1. The first-order valence-corrected chi connectivity index (χ1v) is 14.1. The quantitative estimate of drug-likeness (QED) is 0.379. The zero-order valence-electron chi connectivity index (χ0n) is 21.9. The van der Waals surface area contributed by atoms with Crippen molar-refractivity contribution >= 4 is 52.5 Å². The molecule has 3 fully saturated rings. The lowest BCUT2D eigenvalue weighted by Crippen LogP contribution is -2.48. The molecule has 0 spiro atoms. The summed E-state index contributed by atoms with van der Waals surface area (Å²) in [5.41, 5.74) is -0.0968. The molecule has 6 atom stereocenters. The van der Waals surface area contributed by atoms with E-state index in [0.29, 0.717) is 30.0 Å². The maximum absolute atomic E-state index is 14.3. The van der Waals surface area contributed by atoms with Crippen LogP contribution in [0.4, 0.5) is 10.1 Å². The molecule has 4 amide bonds. The van der Waals surface area contributed by atoms with Gasteiger partial charge in [0.25, 0.3) is 0 Å². The number of benzene rings is 2. The molecule has 2 saturated heterocycles. The lowest BCUT2D eigenvalue weighted by atomic mass is 9.51. The van der Waals surface area contributed by atoms with Gasteiger partial charge in [-0.15, -0.1) is 0 Å². The minimum Gasteiger partial charge on any atom is -0.508 e. The highest BCUT2D eigenvalue weighted by atomic mass is 35.5. The third-order valence-electron chi connectivity index (χ3n) is 9.28. The van der Waals surface area contributed by atoms with E-state index in [-0.39, 0.29) is 34.7 Å². The summed E-state index contributed by atoms with van der Waals surface area (Å²) in [6.45, 7) is 3.92. The lowest BCUT2D eigenvalue weighted by molar-refractivity contribution is -0.140. The van der Waals surface area contributed by atoms with E-state index < -0.39 is 52.6 Å². The second-order valence-corrected chi connectivity index (χ2v) is 12.1. The van der Waals surface area contributed by atoms with Gasteiger partial charge in [-0.2, -0.15) is 0 Å². The normalized spacial score (nSPS) is 31.3. The van der Waals surface area contributed by atoms with Crippen LogP contribution in [0.3, 0.4) is 0 Å². The standard InChI is InChI=1S/C30H27Cl2FN2O5/c1-3-10-34-26(37)17-7-6-16-18(24(17)28(34)39)13-20-27(38)35(15-5-8-22(33)21(32)12-15)29(40)30(20,2)25(16)19-11-14(31)4-9-23(19)36/h4-6,8-9,11-12,17-18,20,24-25,36H,3,7,10,13H2,1-2H3/t17-,18+,20-,24-,25+,30+/m0/s1. The first-order chi connectivity index (χ1) is 19.0. The molecule has 0 bridgehead atoms. The zero-order valence-corrected chi connectivity index (χ0v) is 23.4. The average molecular weight is 585 g/mol. The number of hydrogen-bond donors (Lipinski definition) is 1. The van der Waals surface area contributed by atoms with Gasteiger partial charge in [0, 0.05) is 23.0 Å². The number of likely N-dealkylation sites (tertiary alicyclic amines) is 1. The fourth-order valence-electron chi connectivity index (χ4n) is 7.50. The highest BCUT2D eigenvalue weighted by Gasteiger charge is 2.67. The fraction of sp³-hybridized carbons (Fsp3) is 0.400. The van der Waals surface area contributed by atoms with Gasteiger partial charge in [0.15, 0.2) is 0 Å². The monoisotopic (exact) mass is 584 g/mol. The van der Waals surface area contributed by atoms with Crippen LogP contribution in [0.15, 0.2) is 48.0 Å². The Bertz CT molecular complexity index is 1530. The van der Waals surface area contributed by atoms with Crippen LogP contribution >= 0.6 is 23.2 Å². The van der Waals surface area contributed by atoms with Gasteiger partial charge in [-0.1, -0.05) is 41.8 Å². The molecule has 40 heavy (non-hydrogen) atoms. The van der Waals surface area contributed by atoms with Crippen molar-refractivity contribution in [2.24, 2.45) is 29.1 Å². The highest BCUT2D eigenvalue weighted by molar-refractivity contribution is 6.32. The Morgan fingerprint density at radius 1 is 1.02 bits per heavy atom. The summed E-state index contributed by atoms with van der Waals surface area (Å²) in [6.07, 6.45) is 3.04. The molecule has 0 unspecified atom stereocenters. The van der Waals surface area contributed by atoms with Gasteiger partial charge >= 0.3 is 0 Å². The number of aromatic hydroxyl groups is 1. The highest BCUT2D eigenvalue weighted by Crippen LogP contribution is 2.64. The number of anilines is 1. The van der Waals surface area contributed by atoms with Crippen molar-refractivity contribution in [3.05, 3.63) is 69.5 Å². The number of nitrogens with zero attached hydrogens (tertiary/aromatic N) is 2. The number of halogens is 3. The van der Waals surface area contributed by atoms with Crippen molar-refractivity contribution in [1.82, 2.24) is 4.90 Å². The molecule has 7 nitrogen and oxygen atoms in total. The number of allylic oxidation sites excluding steroid dienone is 2. The van der Waals surface area contributed by atoms with Crippen molar-refractivity contribution in [2.45, 2.75) is 39.0 Å². The van der Waals surface area contributed by atoms with Gasteiger partial charge in [-0.3, -0.25) is 24.1 Å². The smallest absolute Gasteiger partial charge is 0.241 e. The summed E-state index contributed by atoms with van der Waals surface area (Å²) in [7, 11) is 0. The number of carbonyl (C=O) groups is 4. The van der Waals surface area contributed by atoms with E-state index in [4.69, 9.17) is 23.2 Å². The van der Waals surface area contributed by atoms with Crippen molar-refractivity contribution in [3.63, 3.8) is 0 Å². The minimum atomic E-state index is -1.36. The average Bonchev–Trinajstić information content (AvgIpc) is 3.27. The Labute approximate surface area is 240 Å². The molecular weight excluding hydrogens is 558 g/mol. The van der Waals surface area contributed by atoms with Gasteiger partial charge in [0.1, 0.15) is 11.6 Å². The van der Waals surface area contributed by atoms with Crippen LogP contribution in [0.5, 0.6) is 5.75 Å². The van der Waals surface area contributed by atoms with Gasteiger partial charge in [-0.05, 0) is 68.5 Å². The van der Waals surface area contributed by atoms with Crippen LogP contribution < -0.4 is 4.90 Å². The Morgan fingerprint density at radius 2 is 1.77 bits per heavy atom. The number of hydrogen-bond acceptors (Lipinski definition) is 5. The summed E-state index contributed by atoms with van der Waals surface area (Å²) in [6, 6.07) is 8.22. The molecule has 6 rings (SSSR count). The molecule has 2 aliphatic heterocycles. The zero-order chi connectivity index (χ0) is 28.7. The van der Waals surface area contributed by atoms with Crippen molar-refractivity contribution in [2.75, 3.05) is 11.4 Å². The van der Waals surface area contributed by atoms with E-state index in [1.165, 1.54) is 29.2 Å². The van der Waals surface area contributed by atoms with E-state index in [1.807, 2.05) is 13.0 Å². The Kier molecular flexibility index (Phi) is 6.35. The molecule has 208 valence electrons. The molecule has 0 aromatic heterocycles. The van der Waals surface area contributed by atoms with Crippen LogP contribution in [-0.4, -0.2) is 40.2 Å². The maximum Gasteiger partial charge on any atom is 0.241 e. The molecule has 2 aliphatic carbocycles. The van der Waals surface area contributed by atoms with E-state index in [2.05, 4.69) is 0 Å². The van der Waals surface area contributed by atoms with E-state index in [1.54, 1.807) is 13.0 Å². The van der Waals surface area contributed by atoms with E-state index in [0.717, 1.165) is 16.5 Å². The Morgan fingerprint density at radius 3 is 2.48 bits per heavy atom. The minimum absolute atomic E-state index is 0.0944. The molecule has 0 radical (unpaired) electrons. The molecule has 2 aromatic carbocycles. The molecular formula is C30H27Cl2FN2O5. The van der Waals surface area contributed by atoms with Crippen LogP contribution in [0.2, 0.25) is 10.0 Å². The molecule has 1 N–H and O–H groups in total. The first-order valence-electron chi connectivity index (χ1n) is 13.4. The Hall–Kier alpha value is -3.23. The maximum atomic E-state index is 14.3. The number of phenols is 1. The summed E-state index contributed by atoms with van der Waals surface area (Å²) < 4.78 is 14.0. The summed E-state index contributed by atoms with van der Waals surface area (Å²) in [5.74, 6) is -5.62. The van der Waals surface area contributed by atoms with Crippen LogP contribution in [-0.2, 0) is 19.2 Å². The molecule has 10 heteroatoms. The third-order valence-corrected chi connectivity index (χ3v) is 9.80. The van der Waals surface area contributed by atoms with E-state index >= 15 is 0 Å². The number of amides is 4. The lowest BCUT2D eigenvalue weighted by Gasteiger charge is -2.49. The van der Waals surface area contributed by atoms with Crippen molar-refractivity contribution in [1.29, 1.82) is 0 Å². The molecule has 4 aliphatic rings. The van der Waals surface area contributed by atoms with E-state index in [9.17, 15) is 28.7 Å². The number of imide groups is 2. The molecule has 2 heterocycles. The predicted molar refractivity (Wildman–Crippen MR) is 146 cm³/mol. The number of carbonyl (C=O) groups excluding carboxylic acids is 4. The van der Waals surface area contributed by atoms with Crippen LogP contribution in [0, 0.1) is 34.9 Å². The molecule has 1 saturated carbocycles.